The van der Waals surface area contributed by atoms with Crippen LogP contribution in [-0.4, -0.2) is 15.2 Å². The molecule has 126 valence electrons. The third-order valence-electron chi connectivity index (χ3n) is 3.56. The fourth-order valence-corrected chi connectivity index (χ4v) is 3.60. The molecule has 1 amide bonds. The number of carbonyl (C=O) groups is 1. The Balaban J connectivity index is 1.94. The van der Waals surface area contributed by atoms with Crippen LogP contribution in [0, 0.1) is 17.0 Å². The number of rotatable bonds is 3. The van der Waals surface area contributed by atoms with Crippen molar-refractivity contribution in [3.63, 3.8) is 0 Å². The molecule has 0 bridgehead atoms. The number of aryl methyl sites for hydroxylation is 1. The monoisotopic (exact) mass is 371 g/mol. The summed E-state index contributed by atoms with van der Waals surface area (Å²) >= 11 is 6.40. The van der Waals surface area contributed by atoms with Gasteiger partial charge < -0.3 is 5.11 Å². The molecule has 0 N–H and O–H groups in total. The van der Waals surface area contributed by atoms with Gasteiger partial charge in [0.05, 0.1) is 15.5 Å². The second kappa shape index (κ2) is 6.66. The van der Waals surface area contributed by atoms with Crippen LogP contribution in [0.25, 0.3) is 6.08 Å². The maximum Gasteiger partial charge on any atom is 0.270 e. The van der Waals surface area contributed by atoms with Gasteiger partial charge in [-0.1, -0.05) is 53.8 Å². The van der Waals surface area contributed by atoms with Gasteiger partial charge in [0.2, 0.25) is 0 Å². The zero-order chi connectivity index (χ0) is 18.1. The number of amides is 1. The summed E-state index contributed by atoms with van der Waals surface area (Å²) in [4.78, 5) is 24.5. The number of benzene rings is 2. The zero-order valence-corrected chi connectivity index (χ0v) is 14.6. The van der Waals surface area contributed by atoms with Gasteiger partial charge in [-0.25, -0.2) is 0 Å². The third-order valence-corrected chi connectivity index (χ3v) is 4.87. The lowest BCUT2D eigenvalue weighted by molar-refractivity contribution is -0.398. The van der Waals surface area contributed by atoms with Gasteiger partial charge in [-0.2, -0.15) is 0 Å². The van der Waals surface area contributed by atoms with Crippen LogP contribution >= 0.6 is 24.0 Å². The van der Waals surface area contributed by atoms with Gasteiger partial charge >= 0.3 is 0 Å². The van der Waals surface area contributed by atoms with E-state index < -0.39 is 16.4 Å². The van der Waals surface area contributed by atoms with Gasteiger partial charge in [0, 0.05) is 6.07 Å². The Morgan fingerprint density at radius 1 is 1.20 bits per heavy atom. The van der Waals surface area contributed by atoms with E-state index in [9.17, 15) is 20.0 Å². The van der Waals surface area contributed by atoms with Gasteiger partial charge in [0.15, 0.2) is 4.32 Å². The van der Waals surface area contributed by atoms with Crippen molar-refractivity contribution >= 4 is 51.7 Å². The SMILES string of the molecule is Cc1ccc(N2C(=O)/C(=C/c3ccc([O-])c([N+](=O)[O-])c3)SC2=S)cc1. The molecule has 3 rings (SSSR count). The first-order valence-corrected chi connectivity index (χ1v) is 8.39. The molecule has 0 spiro atoms. The number of hydrogen-bond acceptors (Lipinski definition) is 6. The molecule has 2 aromatic rings. The molecule has 0 saturated carbocycles. The van der Waals surface area contributed by atoms with E-state index in [0.29, 0.717) is 20.5 Å². The zero-order valence-electron chi connectivity index (χ0n) is 13.0. The van der Waals surface area contributed by atoms with E-state index in [0.717, 1.165) is 29.5 Å². The largest absolute Gasteiger partial charge is 0.868 e. The lowest BCUT2D eigenvalue weighted by atomic mass is 10.1. The van der Waals surface area contributed by atoms with E-state index in [2.05, 4.69) is 0 Å². The molecule has 1 aliphatic heterocycles. The number of thiocarbonyl (C=S) groups is 1. The Kier molecular flexibility index (Phi) is 4.56. The van der Waals surface area contributed by atoms with E-state index in [4.69, 9.17) is 12.2 Å². The minimum Gasteiger partial charge on any atom is -0.868 e. The van der Waals surface area contributed by atoms with Gasteiger partial charge in [-0.15, -0.1) is 0 Å². The molecule has 8 heteroatoms. The second-order valence-corrected chi connectivity index (χ2v) is 7.01. The first-order valence-electron chi connectivity index (χ1n) is 7.17. The highest BCUT2D eigenvalue weighted by Gasteiger charge is 2.33. The van der Waals surface area contributed by atoms with Crippen molar-refractivity contribution in [1.29, 1.82) is 0 Å². The number of anilines is 1. The molecule has 0 aromatic heterocycles. The highest BCUT2D eigenvalue weighted by atomic mass is 32.2. The molecule has 1 aliphatic rings. The molecule has 0 aliphatic carbocycles. The summed E-state index contributed by atoms with van der Waals surface area (Å²) in [6, 6.07) is 11.1. The maximum atomic E-state index is 12.6. The van der Waals surface area contributed by atoms with E-state index in [-0.39, 0.29) is 5.91 Å². The smallest absolute Gasteiger partial charge is 0.270 e. The Bertz CT molecular complexity index is 923. The molecule has 0 unspecified atom stereocenters. The first kappa shape index (κ1) is 17.1. The minimum absolute atomic E-state index is 0.298. The third kappa shape index (κ3) is 3.40. The first-order chi connectivity index (χ1) is 11.9. The predicted octanol–water partition coefficient (Wildman–Crippen LogP) is 3.38. The van der Waals surface area contributed by atoms with Crippen LogP contribution in [0.1, 0.15) is 11.1 Å². The fraction of sp³-hybridized carbons (Fsp3) is 0.0588. The summed E-state index contributed by atoms with van der Waals surface area (Å²) in [5.74, 6) is -0.970. The summed E-state index contributed by atoms with van der Waals surface area (Å²) in [7, 11) is 0. The molecule has 1 fully saturated rings. The van der Waals surface area contributed by atoms with Crippen molar-refractivity contribution in [2.75, 3.05) is 4.90 Å². The van der Waals surface area contributed by atoms with Crippen LogP contribution in [0.3, 0.4) is 0 Å². The molecule has 6 nitrogen and oxygen atoms in total. The summed E-state index contributed by atoms with van der Waals surface area (Å²) in [5, 5.41) is 22.3. The molecule has 2 aromatic carbocycles. The highest BCUT2D eigenvalue weighted by molar-refractivity contribution is 8.27. The fourth-order valence-electron chi connectivity index (χ4n) is 2.30. The van der Waals surface area contributed by atoms with Crippen LogP contribution in [0.5, 0.6) is 5.75 Å². The van der Waals surface area contributed by atoms with E-state index in [1.165, 1.54) is 17.0 Å². The van der Waals surface area contributed by atoms with Crippen molar-refractivity contribution in [2.45, 2.75) is 6.92 Å². The van der Waals surface area contributed by atoms with E-state index in [1.54, 1.807) is 12.1 Å². The van der Waals surface area contributed by atoms with Gasteiger partial charge in [-0.05, 0) is 36.4 Å². The summed E-state index contributed by atoms with van der Waals surface area (Å²) in [5.41, 5.74) is 1.60. The average molecular weight is 371 g/mol. The van der Waals surface area contributed by atoms with Crippen molar-refractivity contribution in [1.82, 2.24) is 0 Å². The Hall–Kier alpha value is -2.71. The van der Waals surface area contributed by atoms with E-state index in [1.807, 2.05) is 19.1 Å². The van der Waals surface area contributed by atoms with Crippen LogP contribution in [0.15, 0.2) is 47.4 Å². The predicted molar refractivity (Wildman–Crippen MR) is 99.4 cm³/mol. The standard InChI is InChI=1S/C17H12N2O4S2/c1-10-2-5-12(6-3-10)18-16(21)15(25-17(18)24)9-11-4-7-14(20)13(8-11)19(22)23/h2-9,20H,1H3/p-1/b15-9-. The topological polar surface area (TPSA) is 86.5 Å². The number of nitro benzene ring substituents is 1. The molecular formula is C17H11N2O4S2-. The Morgan fingerprint density at radius 3 is 2.52 bits per heavy atom. The van der Waals surface area contributed by atoms with Crippen molar-refractivity contribution in [2.24, 2.45) is 0 Å². The lowest BCUT2D eigenvalue weighted by Crippen LogP contribution is -2.27. The summed E-state index contributed by atoms with van der Waals surface area (Å²) in [6.45, 7) is 1.95. The molecule has 0 atom stereocenters. The number of hydrogen-bond donors (Lipinski definition) is 0. The summed E-state index contributed by atoms with van der Waals surface area (Å²) in [6.07, 6.45) is 1.50. The minimum atomic E-state index is -0.739. The Labute approximate surface area is 152 Å². The maximum absolute atomic E-state index is 12.6. The highest BCUT2D eigenvalue weighted by Crippen LogP contribution is 2.36. The molecule has 25 heavy (non-hydrogen) atoms. The van der Waals surface area contributed by atoms with Crippen LogP contribution in [-0.2, 0) is 4.79 Å². The second-order valence-electron chi connectivity index (χ2n) is 5.34. The van der Waals surface area contributed by atoms with Crippen molar-refractivity contribution < 1.29 is 14.8 Å². The van der Waals surface area contributed by atoms with Crippen molar-refractivity contribution in [3.8, 4) is 5.75 Å². The van der Waals surface area contributed by atoms with Gasteiger partial charge in [0.1, 0.15) is 0 Å². The van der Waals surface area contributed by atoms with Gasteiger partial charge in [-0.3, -0.25) is 19.8 Å². The molecule has 1 heterocycles. The van der Waals surface area contributed by atoms with Crippen molar-refractivity contribution in [3.05, 3.63) is 68.6 Å². The quantitative estimate of drug-likeness (QED) is 0.356. The van der Waals surface area contributed by atoms with Crippen LogP contribution in [0.4, 0.5) is 11.4 Å². The molecular weight excluding hydrogens is 360 g/mol. The van der Waals surface area contributed by atoms with Gasteiger partial charge in [0.25, 0.3) is 11.6 Å². The molecule has 1 saturated heterocycles. The molecule has 0 radical (unpaired) electrons. The Morgan fingerprint density at radius 2 is 1.88 bits per heavy atom. The summed E-state index contributed by atoms with van der Waals surface area (Å²) < 4.78 is 0.384. The normalized spacial score (nSPS) is 15.9. The number of nitro groups is 1. The number of thioether (sulfide) groups is 1. The number of nitrogens with zero attached hydrogens (tertiary/aromatic N) is 2. The number of carbonyl (C=O) groups excluding carboxylic acids is 1. The lowest BCUT2D eigenvalue weighted by Gasteiger charge is -2.14. The van der Waals surface area contributed by atoms with E-state index >= 15 is 0 Å². The average Bonchev–Trinajstić information content (AvgIpc) is 2.84. The van der Waals surface area contributed by atoms with Crippen LogP contribution < -0.4 is 10.0 Å². The van der Waals surface area contributed by atoms with Crippen LogP contribution in [0.2, 0.25) is 0 Å².